The van der Waals surface area contributed by atoms with Gasteiger partial charge in [0.15, 0.2) is 0 Å². The van der Waals surface area contributed by atoms with E-state index in [-0.39, 0.29) is 24.0 Å². The van der Waals surface area contributed by atoms with Gasteiger partial charge in [0.2, 0.25) is 0 Å². The minimum atomic E-state index is -0.566. The van der Waals surface area contributed by atoms with Crippen LogP contribution in [0.5, 0.6) is 5.75 Å². The van der Waals surface area contributed by atoms with Crippen LogP contribution in [0.4, 0.5) is 10.5 Å². The molecule has 0 aromatic heterocycles. The summed E-state index contributed by atoms with van der Waals surface area (Å²) < 4.78 is 22.6. The third-order valence-corrected chi connectivity index (χ3v) is 8.01. The summed E-state index contributed by atoms with van der Waals surface area (Å²) in [7, 11) is 1.39. The van der Waals surface area contributed by atoms with Crippen molar-refractivity contribution in [2.75, 3.05) is 31.7 Å². The van der Waals surface area contributed by atoms with Gasteiger partial charge < -0.3 is 29.2 Å². The number of carbonyl (C=O) groups excluding carboxylic acids is 2. The average Bonchev–Trinajstić information content (AvgIpc) is 3.43. The molecule has 2 aliphatic heterocycles. The predicted octanol–water partition coefficient (Wildman–Crippen LogP) is 6.60. The fourth-order valence-electron chi connectivity index (χ4n) is 5.62. The highest BCUT2D eigenvalue weighted by Gasteiger charge is 2.44. The highest BCUT2D eigenvalue weighted by Crippen LogP contribution is 2.39. The van der Waals surface area contributed by atoms with Gasteiger partial charge in [0, 0.05) is 30.8 Å². The van der Waals surface area contributed by atoms with Crippen LogP contribution in [-0.2, 0) is 32.0 Å². The second-order valence-corrected chi connectivity index (χ2v) is 12.5. The van der Waals surface area contributed by atoms with Crippen molar-refractivity contribution in [1.29, 1.82) is 0 Å². The molecule has 3 aromatic rings. The van der Waals surface area contributed by atoms with E-state index in [1.807, 2.05) is 64.1 Å². The van der Waals surface area contributed by atoms with Crippen LogP contribution in [0.15, 0.2) is 66.7 Å². The van der Waals surface area contributed by atoms with Crippen LogP contribution in [0.1, 0.15) is 63.3 Å². The van der Waals surface area contributed by atoms with Gasteiger partial charge >= 0.3 is 12.1 Å². The molecule has 8 heteroatoms. The Kier molecular flexibility index (Phi) is 8.97. The number of benzene rings is 3. The molecular weight excluding hydrogens is 544 g/mol. The molecule has 1 N–H and O–H groups in total. The fourth-order valence-corrected chi connectivity index (χ4v) is 5.62. The molecule has 2 heterocycles. The third-order valence-electron chi connectivity index (χ3n) is 8.01. The molecule has 1 amide bonds. The second-order valence-electron chi connectivity index (χ2n) is 12.5. The molecule has 1 spiro atoms. The zero-order valence-corrected chi connectivity index (χ0v) is 25.8. The molecule has 2 fully saturated rings. The SMILES string of the molecule is COC(=O)Cc1ccccc1OCc1cc(-c2cccc(C(C)NC(=O)OC(C)(C)C)c2)cc(N2CCC3(CCO3)C2)c1. The Hall–Kier alpha value is -4.04. The summed E-state index contributed by atoms with van der Waals surface area (Å²) in [5, 5.41) is 2.95. The fraction of sp³-hybridized carbons (Fsp3) is 0.429. The number of rotatable bonds is 9. The molecule has 5 rings (SSSR count). The molecule has 0 radical (unpaired) electrons. The third kappa shape index (κ3) is 7.68. The summed E-state index contributed by atoms with van der Waals surface area (Å²) in [5.74, 6) is 0.351. The van der Waals surface area contributed by atoms with E-state index in [2.05, 4.69) is 40.5 Å². The molecule has 2 aliphatic rings. The maximum Gasteiger partial charge on any atom is 0.408 e. The first-order valence-electron chi connectivity index (χ1n) is 14.9. The molecule has 0 saturated carbocycles. The Morgan fingerprint density at radius 2 is 1.81 bits per heavy atom. The van der Waals surface area contributed by atoms with Crippen LogP contribution in [0, 0.1) is 0 Å². The van der Waals surface area contributed by atoms with Crippen molar-refractivity contribution in [2.24, 2.45) is 0 Å². The van der Waals surface area contributed by atoms with Crippen LogP contribution >= 0.6 is 0 Å². The topological polar surface area (TPSA) is 86.3 Å². The number of alkyl carbamates (subject to hydrolysis) is 1. The average molecular weight is 587 g/mol. The lowest BCUT2D eigenvalue weighted by Crippen LogP contribution is -2.45. The van der Waals surface area contributed by atoms with Gasteiger partial charge in [-0.05, 0) is 86.7 Å². The summed E-state index contributed by atoms with van der Waals surface area (Å²) >= 11 is 0. The van der Waals surface area contributed by atoms with Gasteiger partial charge in [0.05, 0.1) is 31.8 Å². The van der Waals surface area contributed by atoms with Gasteiger partial charge in [-0.1, -0.05) is 36.4 Å². The number of carbonyl (C=O) groups is 2. The summed E-state index contributed by atoms with van der Waals surface area (Å²) in [6.07, 6.45) is 1.82. The van der Waals surface area contributed by atoms with Crippen molar-refractivity contribution in [1.82, 2.24) is 5.32 Å². The van der Waals surface area contributed by atoms with E-state index in [0.717, 1.165) is 66.0 Å². The van der Waals surface area contributed by atoms with E-state index >= 15 is 0 Å². The van der Waals surface area contributed by atoms with E-state index in [1.54, 1.807) is 0 Å². The molecule has 0 aliphatic carbocycles. The second kappa shape index (κ2) is 12.7. The normalized spacial score (nSPS) is 18.6. The number of esters is 1. The van der Waals surface area contributed by atoms with Crippen molar-refractivity contribution < 1.29 is 28.5 Å². The summed E-state index contributed by atoms with van der Waals surface area (Å²) in [6.45, 7) is 10.5. The lowest BCUT2D eigenvalue weighted by molar-refractivity contribution is -0.139. The van der Waals surface area contributed by atoms with E-state index in [9.17, 15) is 9.59 Å². The zero-order valence-electron chi connectivity index (χ0n) is 25.8. The van der Waals surface area contributed by atoms with Crippen LogP contribution in [-0.4, -0.2) is 50.1 Å². The Morgan fingerprint density at radius 3 is 2.51 bits per heavy atom. The smallest absolute Gasteiger partial charge is 0.408 e. The van der Waals surface area contributed by atoms with Gasteiger partial charge in [-0.3, -0.25) is 4.79 Å². The van der Waals surface area contributed by atoms with Crippen molar-refractivity contribution >= 4 is 17.7 Å². The first kappa shape index (κ1) is 30.4. The maximum absolute atomic E-state index is 12.4. The van der Waals surface area contributed by atoms with Crippen LogP contribution < -0.4 is 15.0 Å². The Balaban J connectivity index is 1.41. The maximum atomic E-state index is 12.4. The van der Waals surface area contributed by atoms with Gasteiger partial charge in [-0.15, -0.1) is 0 Å². The molecule has 2 unspecified atom stereocenters. The van der Waals surface area contributed by atoms with Gasteiger partial charge in [-0.2, -0.15) is 0 Å². The summed E-state index contributed by atoms with van der Waals surface area (Å²) in [6, 6.07) is 22.1. The van der Waals surface area contributed by atoms with Gasteiger partial charge in [0.1, 0.15) is 18.0 Å². The van der Waals surface area contributed by atoms with Crippen molar-refractivity contribution in [3.05, 3.63) is 83.4 Å². The first-order valence-corrected chi connectivity index (χ1v) is 14.9. The number of ether oxygens (including phenoxy) is 4. The standard InChI is InChI=1S/C35H42N2O6/c1-24(36-33(39)43-34(2,3)4)26-10-8-11-27(19-26)29-17-25(18-30(20-29)37-15-13-35(23-37)14-16-42-35)22-41-31-12-7-6-9-28(31)21-32(38)40-5/h6-12,17-20,24H,13-16,21-23H2,1-5H3,(H,36,39). The lowest BCUT2D eigenvalue weighted by atomic mass is 9.94. The molecule has 8 nitrogen and oxygen atoms in total. The summed E-state index contributed by atoms with van der Waals surface area (Å²) in [5.41, 5.74) is 5.40. The zero-order chi connectivity index (χ0) is 30.6. The number of hydrogen-bond donors (Lipinski definition) is 1. The van der Waals surface area contributed by atoms with E-state index in [0.29, 0.717) is 12.4 Å². The Labute approximate surface area is 254 Å². The number of anilines is 1. The lowest BCUT2D eigenvalue weighted by Gasteiger charge is -2.38. The highest BCUT2D eigenvalue weighted by molar-refractivity contribution is 5.74. The van der Waals surface area contributed by atoms with Crippen molar-refractivity contribution in [2.45, 2.75) is 70.8 Å². The predicted molar refractivity (Wildman–Crippen MR) is 166 cm³/mol. The number of amides is 1. The molecule has 3 aromatic carbocycles. The van der Waals surface area contributed by atoms with Crippen LogP contribution in [0.3, 0.4) is 0 Å². The molecule has 0 bridgehead atoms. The molecule has 228 valence electrons. The van der Waals surface area contributed by atoms with Gasteiger partial charge in [0.25, 0.3) is 0 Å². The number of methoxy groups -OCH3 is 1. The van der Waals surface area contributed by atoms with Crippen LogP contribution in [0.2, 0.25) is 0 Å². The van der Waals surface area contributed by atoms with Crippen LogP contribution in [0.25, 0.3) is 11.1 Å². The minimum Gasteiger partial charge on any atom is -0.489 e. The first-order chi connectivity index (χ1) is 20.5. The van der Waals surface area contributed by atoms with Crippen molar-refractivity contribution in [3.8, 4) is 16.9 Å². The van der Waals surface area contributed by atoms with E-state index in [4.69, 9.17) is 18.9 Å². The monoisotopic (exact) mass is 586 g/mol. The molecule has 43 heavy (non-hydrogen) atoms. The Morgan fingerprint density at radius 1 is 1.02 bits per heavy atom. The number of nitrogens with one attached hydrogen (secondary N) is 1. The number of hydrogen-bond acceptors (Lipinski definition) is 7. The van der Waals surface area contributed by atoms with E-state index < -0.39 is 11.7 Å². The number of para-hydroxylation sites is 1. The minimum absolute atomic E-state index is 0.0256. The largest absolute Gasteiger partial charge is 0.489 e. The summed E-state index contributed by atoms with van der Waals surface area (Å²) in [4.78, 5) is 26.8. The van der Waals surface area contributed by atoms with E-state index in [1.165, 1.54) is 7.11 Å². The molecular formula is C35H42N2O6. The molecule has 2 atom stereocenters. The van der Waals surface area contributed by atoms with Gasteiger partial charge in [-0.25, -0.2) is 4.79 Å². The molecule has 2 saturated heterocycles. The number of nitrogens with zero attached hydrogens (tertiary/aromatic N) is 1. The quantitative estimate of drug-likeness (QED) is 0.283. The highest BCUT2D eigenvalue weighted by atomic mass is 16.6. The van der Waals surface area contributed by atoms with Crippen molar-refractivity contribution in [3.63, 3.8) is 0 Å². The Bertz CT molecular complexity index is 1460.